The summed E-state index contributed by atoms with van der Waals surface area (Å²) in [5.41, 5.74) is 10.4. The van der Waals surface area contributed by atoms with Crippen molar-refractivity contribution in [3.05, 3.63) is 52.4 Å². The van der Waals surface area contributed by atoms with Crippen LogP contribution in [0.4, 0.5) is 15.8 Å². The maximum Gasteiger partial charge on any atom is 0.254 e. The van der Waals surface area contributed by atoms with Crippen LogP contribution in [-0.4, -0.2) is 47.7 Å². The number of likely N-dealkylation sites (tertiary alicyclic amines) is 1. The van der Waals surface area contributed by atoms with Gasteiger partial charge in [-0.2, -0.15) is 0 Å². The summed E-state index contributed by atoms with van der Waals surface area (Å²) in [5, 5.41) is 4.76. The SMILES string of the molecule is NC1CCCN(C(=O)c2cc3c4c(c2)OCCN4[C@H](c2cc4ccc(F)c(Cl)c4n2CC2CC2)N3)C1. The van der Waals surface area contributed by atoms with Gasteiger partial charge in [0.15, 0.2) is 0 Å². The number of rotatable bonds is 4. The van der Waals surface area contributed by atoms with Crippen molar-refractivity contribution >= 4 is 39.8 Å². The van der Waals surface area contributed by atoms with E-state index in [4.69, 9.17) is 22.1 Å². The number of nitrogens with zero attached hydrogens (tertiary/aromatic N) is 3. The Bertz CT molecular complexity index is 1390. The fourth-order valence-electron chi connectivity index (χ4n) is 6.00. The van der Waals surface area contributed by atoms with Gasteiger partial charge in [0, 0.05) is 36.6 Å². The van der Waals surface area contributed by atoms with Gasteiger partial charge in [-0.05, 0) is 61.9 Å². The number of fused-ring (bicyclic) bond motifs is 1. The topological polar surface area (TPSA) is 75.8 Å². The van der Waals surface area contributed by atoms with E-state index in [2.05, 4.69) is 20.9 Å². The molecule has 2 aromatic carbocycles. The summed E-state index contributed by atoms with van der Waals surface area (Å²) in [5.74, 6) is 0.887. The molecule has 0 bridgehead atoms. The number of benzene rings is 2. The molecular formula is C27H29ClFN5O2. The number of aromatic nitrogens is 1. The fourth-order valence-corrected chi connectivity index (χ4v) is 6.28. The molecular weight excluding hydrogens is 481 g/mol. The van der Waals surface area contributed by atoms with E-state index in [1.165, 1.54) is 18.9 Å². The molecule has 9 heteroatoms. The van der Waals surface area contributed by atoms with Gasteiger partial charge in [0.1, 0.15) is 35.0 Å². The molecule has 3 aliphatic heterocycles. The second-order valence-electron chi connectivity index (χ2n) is 10.5. The van der Waals surface area contributed by atoms with Crippen molar-refractivity contribution in [3.63, 3.8) is 0 Å². The summed E-state index contributed by atoms with van der Waals surface area (Å²) in [6.45, 7) is 3.34. The minimum atomic E-state index is -0.400. The molecule has 3 aromatic rings. The van der Waals surface area contributed by atoms with E-state index in [1.807, 2.05) is 17.0 Å². The van der Waals surface area contributed by atoms with E-state index in [-0.39, 0.29) is 23.1 Å². The molecule has 36 heavy (non-hydrogen) atoms. The minimum absolute atomic E-state index is 0.0136. The number of piperidine rings is 1. The van der Waals surface area contributed by atoms with Gasteiger partial charge in [-0.3, -0.25) is 4.79 Å². The lowest BCUT2D eigenvalue weighted by molar-refractivity contribution is 0.0708. The summed E-state index contributed by atoms with van der Waals surface area (Å²) in [7, 11) is 0. The molecule has 1 aliphatic carbocycles. The Hall–Kier alpha value is -2.97. The van der Waals surface area contributed by atoms with E-state index < -0.39 is 5.82 Å². The number of ether oxygens (including phenoxy) is 1. The zero-order chi connectivity index (χ0) is 24.6. The van der Waals surface area contributed by atoms with Crippen molar-refractivity contribution in [1.29, 1.82) is 0 Å². The molecule has 0 radical (unpaired) electrons. The van der Waals surface area contributed by atoms with Gasteiger partial charge < -0.3 is 30.2 Å². The molecule has 3 N–H and O–H groups in total. The van der Waals surface area contributed by atoms with Crippen LogP contribution in [0.2, 0.25) is 5.02 Å². The summed E-state index contributed by atoms with van der Waals surface area (Å²) < 4.78 is 22.7. The first-order chi connectivity index (χ1) is 17.5. The highest BCUT2D eigenvalue weighted by Crippen LogP contribution is 2.50. The number of nitrogens with two attached hydrogens (primary N) is 1. The van der Waals surface area contributed by atoms with Crippen LogP contribution < -0.4 is 20.7 Å². The first kappa shape index (κ1) is 22.2. The zero-order valence-corrected chi connectivity index (χ0v) is 20.7. The zero-order valence-electron chi connectivity index (χ0n) is 20.0. The predicted molar refractivity (Wildman–Crippen MR) is 138 cm³/mol. The second-order valence-corrected chi connectivity index (χ2v) is 10.9. The van der Waals surface area contributed by atoms with Gasteiger partial charge in [0.05, 0.1) is 23.4 Å². The van der Waals surface area contributed by atoms with E-state index in [9.17, 15) is 9.18 Å². The fraction of sp³-hybridized carbons (Fsp3) is 0.444. The monoisotopic (exact) mass is 509 g/mol. The van der Waals surface area contributed by atoms with Crippen molar-refractivity contribution in [2.45, 2.75) is 44.4 Å². The van der Waals surface area contributed by atoms with Crippen LogP contribution in [0, 0.1) is 11.7 Å². The molecule has 2 atom stereocenters. The van der Waals surface area contributed by atoms with Crippen LogP contribution in [-0.2, 0) is 6.54 Å². The average molecular weight is 510 g/mol. The first-order valence-corrected chi connectivity index (χ1v) is 13.2. The van der Waals surface area contributed by atoms with Gasteiger partial charge in [0.25, 0.3) is 5.91 Å². The lowest BCUT2D eigenvalue weighted by Crippen LogP contribution is -2.45. The Morgan fingerprint density at radius 3 is 2.86 bits per heavy atom. The van der Waals surface area contributed by atoms with Crippen LogP contribution in [0.3, 0.4) is 0 Å². The third-order valence-corrected chi connectivity index (χ3v) is 8.31. The number of halogens is 2. The molecule has 1 amide bonds. The molecule has 1 unspecified atom stereocenters. The molecule has 7 nitrogen and oxygen atoms in total. The van der Waals surface area contributed by atoms with Crippen LogP contribution in [0.1, 0.15) is 47.9 Å². The Kier molecular flexibility index (Phi) is 5.12. The number of carbonyl (C=O) groups is 1. The second kappa shape index (κ2) is 8.28. The molecule has 1 aromatic heterocycles. The average Bonchev–Trinajstić information content (AvgIpc) is 3.52. The molecule has 0 spiro atoms. The summed E-state index contributed by atoms with van der Waals surface area (Å²) >= 11 is 6.49. The van der Waals surface area contributed by atoms with E-state index in [1.54, 1.807) is 6.07 Å². The molecule has 1 saturated carbocycles. The van der Waals surface area contributed by atoms with Gasteiger partial charge in [-0.25, -0.2) is 4.39 Å². The minimum Gasteiger partial charge on any atom is -0.489 e. The Morgan fingerprint density at radius 1 is 1.19 bits per heavy atom. The largest absolute Gasteiger partial charge is 0.489 e. The molecule has 7 rings (SSSR count). The van der Waals surface area contributed by atoms with E-state index in [0.29, 0.717) is 36.9 Å². The maximum atomic E-state index is 14.5. The van der Waals surface area contributed by atoms with Crippen LogP contribution >= 0.6 is 11.6 Å². The number of amides is 1. The molecule has 4 aliphatic rings. The lowest BCUT2D eigenvalue weighted by atomic mass is 10.0. The normalized spacial score (nSPS) is 23.0. The lowest BCUT2D eigenvalue weighted by Gasteiger charge is -2.33. The van der Waals surface area contributed by atoms with Crippen molar-refractivity contribution in [2.75, 3.05) is 36.5 Å². The summed E-state index contributed by atoms with van der Waals surface area (Å²) in [6, 6.07) is 9.17. The Labute approximate surface area is 213 Å². The number of carbonyl (C=O) groups excluding carboxylic acids is 1. The van der Waals surface area contributed by atoms with Crippen molar-refractivity contribution in [1.82, 2.24) is 9.47 Å². The molecule has 2 fully saturated rings. The Morgan fingerprint density at radius 2 is 2.06 bits per heavy atom. The van der Waals surface area contributed by atoms with Gasteiger partial charge in [0.2, 0.25) is 0 Å². The van der Waals surface area contributed by atoms with Gasteiger partial charge in [-0.1, -0.05) is 11.6 Å². The molecule has 188 valence electrons. The highest BCUT2D eigenvalue weighted by Gasteiger charge is 2.39. The molecule has 1 saturated heterocycles. The van der Waals surface area contributed by atoms with E-state index in [0.717, 1.165) is 53.9 Å². The summed E-state index contributed by atoms with van der Waals surface area (Å²) in [4.78, 5) is 17.5. The summed E-state index contributed by atoms with van der Waals surface area (Å²) in [6.07, 6.45) is 4.06. The highest BCUT2D eigenvalue weighted by atomic mass is 35.5. The predicted octanol–water partition coefficient (Wildman–Crippen LogP) is 4.73. The Balaban J connectivity index is 1.29. The van der Waals surface area contributed by atoms with E-state index >= 15 is 0 Å². The van der Waals surface area contributed by atoms with Gasteiger partial charge in [-0.15, -0.1) is 0 Å². The quantitative estimate of drug-likeness (QED) is 0.532. The number of hydrogen-bond acceptors (Lipinski definition) is 5. The van der Waals surface area contributed by atoms with Crippen molar-refractivity contribution in [3.8, 4) is 5.75 Å². The van der Waals surface area contributed by atoms with Gasteiger partial charge >= 0.3 is 0 Å². The third kappa shape index (κ3) is 3.53. The van der Waals surface area contributed by atoms with Crippen LogP contribution in [0.15, 0.2) is 30.3 Å². The van der Waals surface area contributed by atoms with Crippen molar-refractivity contribution in [2.24, 2.45) is 11.7 Å². The number of nitrogens with one attached hydrogen (secondary N) is 1. The van der Waals surface area contributed by atoms with Crippen LogP contribution in [0.25, 0.3) is 10.9 Å². The standard InChI is InChI=1S/C27H29ClFN5O2/c28-23-19(29)6-5-16-11-21(34(24(16)23)13-15-3-4-15)26-31-20-10-17(12-22-25(20)33(26)8-9-36-22)27(35)32-7-1-2-18(30)14-32/h5-6,10-12,15,18,26,31H,1-4,7-9,13-14,30H2/t18?,26-/m1/s1. The number of hydrogen-bond donors (Lipinski definition) is 2. The molecule has 4 heterocycles. The smallest absolute Gasteiger partial charge is 0.254 e. The number of anilines is 2. The third-order valence-electron chi connectivity index (χ3n) is 7.95. The van der Waals surface area contributed by atoms with Crippen molar-refractivity contribution < 1.29 is 13.9 Å². The highest BCUT2D eigenvalue weighted by molar-refractivity contribution is 6.35. The maximum absolute atomic E-state index is 14.5. The van der Waals surface area contributed by atoms with Crippen LogP contribution in [0.5, 0.6) is 5.75 Å². The first-order valence-electron chi connectivity index (χ1n) is 12.8.